The maximum atomic E-state index is 13.6. The highest BCUT2D eigenvalue weighted by atomic mass is 16.7. The Labute approximate surface area is 235 Å². The van der Waals surface area contributed by atoms with Crippen molar-refractivity contribution in [2.45, 2.75) is 62.4 Å². The van der Waals surface area contributed by atoms with Gasteiger partial charge in [-0.05, 0) is 26.0 Å². The third kappa shape index (κ3) is 4.21. The Morgan fingerprint density at radius 2 is 1.49 bits per heavy atom. The van der Waals surface area contributed by atoms with Gasteiger partial charge in [0.2, 0.25) is 5.78 Å². The van der Waals surface area contributed by atoms with Gasteiger partial charge in [0, 0.05) is 50.7 Å². The van der Waals surface area contributed by atoms with Gasteiger partial charge in [0.15, 0.2) is 23.5 Å². The summed E-state index contributed by atoms with van der Waals surface area (Å²) in [5, 5.41) is 33.4. The first-order chi connectivity index (χ1) is 19.4. The molecule has 0 radical (unpaired) electrons. The van der Waals surface area contributed by atoms with E-state index in [1.807, 2.05) is 0 Å². The summed E-state index contributed by atoms with van der Waals surface area (Å²) in [5.74, 6) is -3.49. The Morgan fingerprint density at radius 1 is 0.829 bits per heavy atom. The molecule has 0 amide bonds. The van der Waals surface area contributed by atoms with Gasteiger partial charge in [0.1, 0.15) is 42.0 Å². The number of phenols is 2. The predicted octanol–water partition coefficient (Wildman–Crippen LogP) is 1.68. The molecule has 1 fully saturated rings. The second kappa shape index (κ2) is 10.6. The van der Waals surface area contributed by atoms with Crippen LogP contribution in [0.15, 0.2) is 24.3 Å². The molecule has 0 bridgehead atoms. The Kier molecular flexibility index (Phi) is 7.53. The number of carbonyl (C=O) groups is 3. The van der Waals surface area contributed by atoms with Crippen molar-refractivity contribution in [1.82, 2.24) is 0 Å². The summed E-state index contributed by atoms with van der Waals surface area (Å²) in [6.45, 7) is 2.98. The van der Waals surface area contributed by atoms with Crippen molar-refractivity contribution in [3.05, 3.63) is 57.6 Å². The lowest BCUT2D eigenvalue weighted by molar-refractivity contribution is -0.326. The molecular weight excluding hydrogens is 540 g/mol. The average Bonchev–Trinajstić information content (AvgIpc) is 2.93. The van der Waals surface area contributed by atoms with E-state index in [2.05, 4.69) is 0 Å². The number of methoxy groups -OCH3 is 4. The summed E-state index contributed by atoms with van der Waals surface area (Å²) in [7, 11) is 5.65. The van der Waals surface area contributed by atoms with Crippen molar-refractivity contribution in [3.63, 3.8) is 0 Å². The second-order valence-corrected chi connectivity index (χ2v) is 10.5. The first-order valence-electron chi connectivity index (χ1n) is 12.9. The molecule has 1 aliphatic heterocycles. The van der Waals surface area contributed by atoms with Crippen LogP contribution in [0, 0.1) is 0 Å². The van der Waals surface area contributed by atoms with Crippen LogP contribution in [-0.2, 0) is 28.4 Å². The van der Waals surface area contributed by atoms with Gasteiger partial charge < -0.3 is 43.7 Å². The second-order valence-electron chi connectivity index (χ2n) is 10.5. The van der Waals surface area contributed by atoms with Gasteiger partial charge in [-0.15, -0.1) is 0 Å². The van der Waals surface area contributed by atoms with Crippen LogP contribution >= 0.6 is 0 Å². The maximum Gasteiger partial charge on any atom is 0.201 e. The standard InChI is InChI=1S/C29H32O12/c1-11-22(36-3)24(37-4)25(38-5)28(40-11)41-23-18-14(26(34)29(2,35)27(23)39-6)10-13-17(21(18)33)20(32)16-12(19(13)31)8-7-9-15(16)30/h7-11,22-25,27-28,30,33,35H,1-6H3/t11?,22?,23-,24?,25?,27+,28?,29-/m1/s1. The minimum atomic E-state index is -2.18. The van der Waals surface area contributed by atoms with E-state index in [4.69, 9.17) is 28.4 Å². The fourth-order valence-corrected chi connectivity index (χ4v) is 6.22. The molecule has 220 valence electrons. The normalized spacial score (nSPS) is 32.9. The maximum absolute atomic E-state index is 13.6. The van der Waals surface area contributed by atoms with Crippen LogP contribution in [0.1, 0.15) is 67.7 Å². The van der Waals surface area contributed by atoms with Crippen molar-refractivity contribution < 1.29 is 58.1 Å². The molecule has 3 N–H and O–H groups in total. The topological polar surface area (TPSA) is 167 Å². The highest BCUT2D eigenvalue weighted by molar-refractivity contribution is 6.31. The zero-order chi connectivity index (χ0) is 30.0. The minimum Gasteiger partial charge on any atom is -0.507 e. The van der Waals surface area contributed by atoms with Crippen LogP contribution in [0.2, 0.25) is 0 Å². The minimum absolute atomic E-state index is 0.0785. The highest BCUT2D eigenvalue weighted by Gasteiger charge is 2.56. The van der Waals surface area contributed by atoms with Crippen LogP contribution < -0.4 is 0 Å². The molecule has 12 nitrogen and oxygen atoms in total. The van der Waals surface area contributed by atoms with Gasteiger partial charge in [-0.25, -0.2) is 0 Å². The Morgan fingerprint density at radius 3 is 2.10 bits per heavy atom. The molecule has 41 heavy (non-hydrogen) atoms. The summed E-state index contributed by atoms with van der Waals surface area (Å²) in [4.78, 5) is 40.6. The lowest BCUT2D eigenvalue weighted by Gasteiger charge is -2.47. The molecule has 0 spiro atoms. The van der Waals surface area contributed by atoms with Gasteiger partial charge in [-0.3, -0.25) is 14.4 Å². The molecule has 3 aliphatic rings. The number of rotatable bonds is 6. The van der Waals surface area contributed by atoms with Crippen LogP contribution in [0.4, 0.5) is 0 Å². The van der Waals surface area contributed by atoms with Crippen molar-refractivity contribution in [2.24, 2.45) is 0 Å². The molecule has 1 heterocycles. The van der Waals surface area contributed by atoms with E-state index in [1.165, 1.54) is 53.6 Å². The Bertz CT molecular complexity index is 1410. The number of phenolic OH excluding ortho intramolecular Hbond substituents is 2. The molecule has 1 saturated heterocycles. The van der Waals surface area contributed by atoms with Crippen molar-refractivity contribution >= 4 is 17.3 Å². The lowest BCUT2D eigenvalue weighted by Crippen LogP contribution is -2.61. The predicted molar refractivity (Wildman–Crippen MR) is 139 cm³/mol. The van der Waals surface area contributed by atoms with Crippen LogP contribution in [0.25, 0.3) is 0 Å². The van der Waals surface area contributed by atoms with Crippen LogP contribution in [0.3, 0.4) is 0 Å². The first-order valence-corrected chi connectivity index (χ1v) is 12.9. The molecule has 5 rings (SSSR count). The number of Topliss-reactive ketones (excluding diaryl/α,β-unsaturated/α-hetero) is 1. The zero-order valence-corrected chi connectivity index (χ0v) is 23.4. The Balaban J connectivity index is 1.69. The SMILES string of the molecule is COC1C(C)OC(O[C@@H]2c3c(cc4c(c3O)C(=O)c3c(O)cccc3C4=O)C(=O)[C@@](C)(O)[C@H]2OC)C(OC)C1OC. The number of fused-ring (bicyclic) bond motifs is 3. The lowest BCUT2D eigenvalue weighted by atomic mass is 9.72. The number of ketones is 3. The van der Waals surface area contributed by atoms with E-state index >= 15 is 0 Å². The van der Waals surface area contributed by atoms with Crippen LogP contribution in [0.5, 0.6) is 11.5 Å². The van der Waals surface area contributed by atoms with Gasteiger partial charge in [0.05, 0.1) is 17.2 Å². The van der Waals surface area contributed by atoms with Crippen molar-refractivity contribution in [2.75, 3.05) is 28.4 Å². The molecular formula is C29H32O12. The van der Waals surface area contributed by atoms with E-state index in [0.29, 0.717) is 0 Å². The number of hydrogen-bond acceptors (Lipinski definition) is 12. The van der Waals surface area contributed by atoms with E-state index < -0.39 is 82.9 Å². The first kappa shape index (κ1) is 29.3. The third-order valence-electron chi connectivity index (χ3n) is 8.22. The molecule has 0 aromatic heterocycles. The summed E-state index contributed by atoms with van der Waals surface area (Å²) in [6.07, 6.45) is -6.56. The monoisotopic (exact) mass is 572 g/mol. The summed E-state index contributed by atoms with van der Waals surface area (Å²) >= 11 is 0. The summed E-state index contributed by atoms with van der Waals surface area (Å²) in [6, 6.07) is 5.19. The summed E-state index contributed by atoms with van der Waals surface area (Å²) < 4.78 is 34.8. The van der Waals surface area contributed by atoms with E-state index in [0.717, 1.165) is 6.07 Å². The highest BCUT2D eigenvalue weighted by Crippen LogP contribution is 2.49. The fourth-order valence-electron chi connectivity index (χ4n) is 6.22. The summed E-state index contributed by atoms with van der Waals surface area (Å²) in [5.41, 5.74) is -3.59. The quantitative estimate of drug-likeness (QED) is 0.392. The number of hydrogen-bond donors (Lipinski definition) is 3. The van der Waals surface area contributed by atoms with Crippen LogP contribution in [-0.4, -0.2) is 104 Å². The van der Waals surface area contributed by atoms with Gasteiger partial charge >= 0.3 is 0 Å². The molecule has 0 saturated carbocycles. The molecule has 2 aromatic carbocycles. The third-order valence-corrected chi connectivity index (χ3v) is 8.22. The number of aliphatic hydroxyl groups is 1. The molecule has 2 aliphatic carbocycles. The molecule has 8 atom stereocenters. The smallest absolute Gasteiger partial charge is 0.201 e. The largest absolute Gasteiger partial charge is 0.507 e. The van der Waals surface area contributed by atoms with E-state index in [1.54, 1.807) is 6.92 Å². The Hall–Kier alpha value is -3.23. The van der Waals surface area contributed by atoms with E-state index in [-0.39, 0.29) is 27.8 Å². The number of aromatic hydroxyl groups is 2. The molecule has 5 unspecified atom stereocenters. The number of carbonyl (C=O) groups excluding carboxylic acids is 3. The number of benzene rings is 2. The number of ether oxygens (including phenoxy) is 6. The average molecular weight is 573 g/mol. The molecule has 2 aromatic rings. The van der Waals surface area contributed by atoms with Gasteiger partial charge in [-0.1, -0.05) is 12.1 Å². The fraction of sp³-hybridized carbons (Fsp3) is 0.483. The zero-order valence-electron chi connectivity index (χ0n) is 23.4. The van der Waals surface area contributed by atoms with Gasteiger partial charge in [0.25, 0.3) is 0 Å². The van der Waals surface area contributed by atoms with E-state index in [9.17, 15) is 29.7 Å². The molecule has 12 heteroatoms. The van der Waals surface area contributed by atoms with Gasteiger partial charge in [-0.2, -0.15) is 0 Å². The van der Waals surface area contributed by atoms with Crippen molar-refractivity contribution in [1.29, 1.82) is 0 Å². The van der Waals surface area contributed by atoms with Crippen molar-refractivity contribution in [3.8, 4) is 11.5 Å².